The average Bonchev–Trinajstić information content (AvgIpc) is 2.42. The molecule has 1 amide bonds. The van der Waals surface area contributed by atoms with Crippen LogP contribution in [0, 0.1) is 11.8 Å². The van der Waals surface area contributed by atoms with E-state index in [0.29, 0.717) is 12.5 Å². The molecule has 3 N–H and O–H groups in total. The molecule has 0 aliphatic heterocycles. The van der Waals surface area contributed by atoms with Crippen molar-refractivity contribution < 1.29 is 14.7 Å². The van der Waals surface area contributed by atoms with Crippen molar-refractivity contribution in [2.24, 2.45) is 11.8 Å². The quantitative estimate of drug-likeness (QED) is 0.605. The molecule has 0 bridgehead atoms. The summed E-state index contributed by atoms with van der Waals surface area (Å²) in [5.41, 5.74) is 0. The predicted molar refractivity (Wildman–Crippen MR) is 73.8 cm³/mol. The Bertz CT molecular complexity index is 323. The summed E-state index contributed by atoms with van der Waals surface area (Å²) in [5, 5.41) is 14.9. The number of hydrogen-bond donors (Lipinski definition) is 3. The fourth-order valence-electron chi connectivity index (χ4n) is 2.38. The summed E-state index contributed by atoms with van der Waals surface area (Å²) in [6, 6.07) is -0.225. The number of rotatable bonds is 7. The number of hydrogen-bond acceptors (Lipinski definition) is 3. The molecular weight excluding hydrogens is 244 g/mol. The van der Waals surface area contributed by atoms with Crippen LogP contribution in [-0.4, -0.2) is 36.1 Å². The van der Waals surface area contributed by atoms with E-state index in [-0.39, 0.29) is 17.9 Å². The minimum atomic E-state index is -0.677. The number of nitrogens with one attached hydrogen (secondary N) is 2. The number of carboxylic acids is 1. The third-order valence-corrected chi connectivity index (χ3v) is 3.72. The lowest BCUT2D eigenvalue weighted by atomic mass is 9.82. The van der Waals surface area contributed by atoms with Crippen molar-refractivity contribution in [1.82, 2.24) is 10.6 Å². The molecule has 0 heterocycles. The van der Waals surface area contributed by atoms with Gasteiger partial charge in [0.15, 0.2) is 0 Å². The number of amides is 1. The van der Waals surface area contributed by atoms with Crippen molar-refractivity contribution in [3.63, 3.8) is 0 Å². The van der Waals surface area contributed by atoms with Crippen molar-refractivity contribution in [1.29, 1.82) is 0 Å². The molecule has 5 heteroatoms. The SMILES string of the molecule is C=CCNC(=O)C(C)NCC1CCC(C(=O)O)CC1. The molecule has 1 aliphatic carbocycles. The summed E-state index contributed by atoms with van der Waals surface area (Å²) in [7, 11) is 0. The van der Waals surface area contributed by atoms with Gasteiger partial charge in [-0.15, -0.1) is 6.58 Å². The van der Waals surface area contributed by atoms with E-state index in [4.69, 9.17) is 5.11 Å². The van der Waals surface area contributed by atoms with Gasteiger partial charge in [-0.25, -0.2) is 0 Å². The molecule has 1 aliphatic rings. The van der Waals surface area contributed by atoms with Gasteiger partial charge in [0, 0.05) is 6.54 Å². The first kappa shape index (κ1) is 15.7. The van der Waals surface area contributed by atoms with Crippen LogP contribution in [0.5, 0.6) is 0 Å². The van der Waals surface area contributed by atoms with Crippen LogP contribution in [0.25, 0.3) is 0 Å². The lowest BCUT2D eigenvalue weighted by Gasteiger charge is -2.27. The van der Waals surface area contributed by atoms with Gasteiger partial charge >= 0.3 is 5.97 Å². The van der Waals surface area contributed by atoms with Gasteiger partial charge in [0.25, 0.3) is 0 Å². The van der Waals surface area contributed by atoms with Gasteiger partial charge in [-0.1, -0.05) is 6.08 Å². The molecular formula is C14H24N2O3. The van der Waals surface area contributed by atoms with Gasteiger partial charge < -0.3 is 15.7 Å². The van der Waals surface area contributed by atoms with Crippen LogP contribution < -0.4 is 10.6 Å². The first-order chi connectivity index (χ1) is 9.04. The van der Waals surface area contributed by atoms with Crippen molar-refractivity contribution in [3.8, 4) is 0 Å². The van der Waals surface area contributed by atoms with Crippen LogP contribution in [0.1, 0.15) is 32.6 Å². The van der Waals surface area contributed by atoms with Gasteiger partial charge in [-0.2, -0.15) is 0 Å². The Balaban J connectivity index is 2.21. The van der Waals surface area contributed by atoms with Crippen molar-refractivity contribution in [3.05, 3.63) is 12.7 Å². The topological polar surface area (TPSA) is 78.4 Å². The number of carbonyl (C=O) groups is 2. The van der Waals surface area contributed by atoms with E-state index in [1.807, 2.05) is 6.92 Å². The molecule has 1 fully saturated rings. The maximum absolute atomic E-state index is 11.6. The molecule has 0 aromatic rings. The molecule has 108 valence electrons. The zero-order valence-corrected chi connectivity index (χ0v) is 11.5. The van der Waals surface area contributed by atoms with Gasteiger partial charge in [-0.3, -0.25) is 9.59 Å². The molecule has 0 aromatic carbocycles. The van der Waals surface area contributed by atoms with Gasteiger partial charge in [0.2, 0.25) is 5.91 Å². The van der Waals surface area contributed by atoms with Crippen LogP contribution in [0.3, 0.4) is 0 Å². The van der Waals surface area contributed by atoms with Crippen LogP contribution in [0.4, 0.5) is 0 Å². The molecule has 19 heavy (non-hydrogen) atoms. The molecule has 0 aromatic heterocycles. The number of carbonyl (C=O) groups excluding carboxylic acids is 1. The Labute approximate surface area is 114 Å². The first-order valence-corrected chi connectivity index (χ1v) is 6.89. The summed E-state index contributed by atoms with van der Waals surface area (Å²) in [4.78, 5) is 22.5. The lowest BCUT2D eigenvalue weighted by molar-refractivity contribution is -0.143. The Morgan fingerprint density at radius 2 is 2.00 bits per heavy atom. The van der Waals surface area contributed by atoms with Crippen LogP contribution in [-0.2, 0) is 9.59 Å². The minimum absolute atomic E-state index is 0.0286. The van der Waals surface area contributed by atoms with E-state index < -0.39 is 5.97 Å². The highest BCUT2D eigenvalue weighted by atomic mass is 16.4. The summed E-state index contributed by atoms with van der Waals surface area (Å²) in [5.74, 6) is -0.405. The smallest absolute Gasteiger partial charge is 0.306 e. The zero-order chi connectivity index (χ0) is 14.3. The minimum Gasteiger partial charge on any atom is -0.481 e. The van der Waals surface area contributed by atoms with Crippen LogP contribution >= 0.6 is 0 Å². The van der Waals surface area contributed by atoms with Crippen molar-refractivity contribution in [2.75, 3.05) is 13.1 Å². The van der Waals surface area contributed by atoms with Crippen LogP contribution in [0.2, 0.25) is 0 Å². The Morgan fingerprint density at radius 1 is 1.37 bits per heavy atom. The van der Waals surface area contributed by atoms with Gasteiger partial charge in [0.1, 0.15) is 0 Å². The fraction of sp³-hybridized carbons (Fsp3) is 0.714. The highest BCUT2D eigenvalue weighted by Gasteiger charge is 2.26. The second kappa shape index (κ2) is 7.94. The maximum atomic E-state index is 11.6. The standard InChI is InChI=1S/C14H24N2O3/c1-3-8-15-13(17)10(2)16-9-11-4-6-12(7-5-11)14(18)19/h3,10-12,16H,1,4-9H2,2H3,(H,15,17)(H,18,19). The van der Waals surface area contributed by atoms with Crippen molar-refractivity contribution >= 4 is 11.9 Å². The highest BCUT2D eigenvalue weighted by Crippen LogP contribution is 2.28. The first-order valence-electron chi connectivity index (χ1n) is 6.89. The zero-order valence-electron chi connectivity index (χ0n) is 11.5. The molecule has 1 rings (SSSR count). The summed E-state index contributed by atoms with van der Waals surface area (Å²) < 4.78 is 0. The summed E-state index contributed by atoms with van der Waals surface area (Å²) in [6.45, 7) is 6.64. The highest BCUT2D eigenvalue weighted by molar-refractivity contribution is 5.81. The normalized spacial score (nSPS) is 24.5. The average molecular weight is 268 g/mol. The number of carboxylic acid groups (broad SMARTS) is 1. The van der Waals surface area contributed by atoms with E-state index in [0.717, 1.165) is 32.2 Å². The van der Waals surface area contributed by atoms with Gasteiger partial charge in [-0.05, 0) is 45.1 Å². The summed E-state index contributed by atoms with van der Waals surface area (Å²) in [6.07, 6.45) is 4.99. The molecule has 1 unspecified atom stereocenters. The Hall–Kier alpha value is -1.36. The van der Waals surface area contributed by atoms with E-state index in [1.165, 1.54) is 0 Å². The molecule has 0 radical (unpaired) electrons. The summed E-state index contributed by atoms with van der Waals surface area (Å²) >= 11 is 0. The maximum Gasteiger partial charge on any atom is 0.306 e. The molecule has 5 nitrogen and oxygen atoms in total. The van der Waals surface area contributed by atoms with E-state index in [1.54, 1.807) is 6.08 Å². The van der Waals surface area contributed by atoms with Crippen molar-refractivity contribution in [2.45, 2.75) is 38.6 Å². The third kappa shape index (κ3) is 5.42. The van der Waals surface area contributed by atoms with E-state index in [9.17, 15) is 9.59 Å². The second-order valence-corrected chi connectivity index (χ2v) is 5.22. The Morgan fingerprint density at radius 3 is 2.53 bits per heavy atom. The molecule has 1 atom stereocenters. The monoisotopic (exact) mass is 268 g/mol. The number of aliphatic carboxylic acids is 1. The second-order valence-electron chi connectivity index (χ2n) is 5.22. The predicted octanol–water partition coefficient (Wildman–Crippen LogP) is 1.16. The third-order valence-electron chi connectivity index (χ3n) is 3.72. The largest absolute Gasteiger partial charge is 0.481 e. The van der Waals surface area contributed by atoms with E-state index in [2.05, 4.69) is 17.2 Å². The lowest BCUT2D eigenvalue weighted by Crippen LogP contribution is -2.44. The Kier molecular flexibility index (Phi) is 6.56. The molecule has 1 saturated carbocycles. The van der Waals surface area contributed by atoms with Crippen LogP contribution in [0.15, 0.2) is 12.7 Å². The van der Waals surface area contributed by atoms with E-state index >= 15 is 0 Å². The molecule has 0 spiro atoms. The molecule has 0 saturated heterocycles. The fourth-order valence-corrected chi connectivity index (χ4v) is 2.38. The van der Waals surface area contributed by atoms with Gasteiger partial charge in [0.05, 0.1) is 12.0 Å².